The van der Waals surface area contributed by atoms with Gasteiger partial charge in [-0.25, -0.2) is 0 Å². The summed E-state index contributed by atoms with van der Waals surface area (Å²) in [5, 5.41) is 3.26. The minimum Gasteiger partial charge on any atom is -0.365 e. The first-order valence-electron chi connectivity index (χ1n) is 3.23. The number of allylic oxidation sites excluding steroid dienone is 3. The average Bonchev–Trinajstić information content (AvgIpc) is 2.33. The van der Waals surface area contributed by atoms with Crippen LogP contribution in [0.4, 0.5) is 0 Å². The van der Waals surface area contributed by atoms with E-state index < -0.39 is 0 Å². The Morgan fingerprint density at radius 3 is 3.44 bits per heavy atom. The number of rotatable bonds is 0. The first-order chi connectivity index (χ1) is 4.47. The lowest BCUT2D eigenvalue weighted by Crippen LogP contribution is -2.07. The summed E-state index contributed by atoms with van der Waals surface area (Å²) in [5.74, 6) is 1.28. The second kappa shape index (κ2) is 2.10. The molecular weight excluding hydrogens is 130 g/mol. The first-order valence-corrected chi connectivity index (χ1v) is 4.22. The molecule has 1 N–H and O–H groups in total. The topological polar surface area (TPSA) is 12.0 Å². The summed E-state index contributed by atoms with van der Waals surface area (Å²) >= 11 is 1.99. The molecule has 0 amide bonds. The van der Waals surface area contributed by atoms with E-state index in [4.69, 9.17) is 0 Å². The van der Waals surface area contributed by atoms with E-state index in [9.17, 15) is 0 Å². The van der Waals surface area contributed by atoms with Gasteiger partial charge >= 0.3 is 0 Å². The normalized spacial score (nSPS) is 24.0. The third kappa shape index (κ3) is 0.874. The van der Waals surface area contributed by atoms with Crippen LogP contribution < -0.4 is 5.32 Å². The summed E-state index contributed by atoms with van der Waals surface area (Å²) in [4.78, 5) is 1.55. The van der Waals surface area contributed by atoms with Gasteiger partial charge in [-0.3, -0.25) is 0 Å². The van der Waals surface area contributed by atoms with Gasteiger partial charge in [-0.15, -0.1) is 11.8 Å². The minimum atomic E-state index is 1.16. The fourth-order valence-electron chi connectivity index (χ4n) is 1.16. The van der Waals surface area contributed by atoms with Crippen LogP contribution in [0.5, 0.6) is 0 Å². The molecule has 1 nitrogen and oxygen atoms in total. The third-order valence-electron chi connectivity index (χ3n) is 1.64. The fourth-order valence-corrected chi connectivity index (χ4v) is 2.26. The van der Waals surface area contributed by atoms with Crippen molar-refractivity contribution in [3.05, 3.63) is 22.9 Å². The number of nitrogens with one attached hydrogen (secondary N) is 1. The predicted octanol–water partition coefficient (Wildman–Crippen LogP) is 1.84. The van der Waals surface area contributed by atoms with Crippen LogP contribution in [0.1, 0.15) is 12.8 Å². The van der Waals surface area contributed by atoms with Crippen LogP contribution in [0.15, 0.2) is 22.9 Å². The lowest BCUT2D eigenvalue weighted by atomic mass is 10.2. The van der Waals surface area contributed by atoms with Gasteiger partial charge in [0.05, 0.1) is 0 Å². The van der Waals surface area contributed by atoms with Crippen LogP contribution in [-0.4, -0.2) is 5.75 Å². The van der Waals surface area contributed by atoms with Gasteiger partial charge < -0.3 is 5.32 Å². The van der Waals surface area contributed by atoms with Gasteiger partial charge in [-0.1, -0.05) is 6.08 Å². The van der Waals surface area contributed by atoms with Crippen molar-refractivity contribution < 1.29 is 0 Å². The van der Waals surface area contributed by atoms with Crippen LogP contribution >= 0.6 is 11.8 Å². The Morgan fingerprint density at radius 1 is 1.56 bits per heavy atom. The van der Waals surface area contributed by atoms with E-state index >= 15 is 0 Å². The molecule has 2 heteroatoms. The van der Waals surface area contributed by atoms with Crippen molar-refractivity contribution in [2.45, 2.75) is 12.8 Å². The molecule has 0 atom stereocenters. The van der Waals surface area contributed by atoms with E-state index in [0.717, 1.165) is 6.42 Å². The van der Waals surface area contributed by atoms with Gasteiger partial charge in [-0.05, 0) is 19.0 Å². The summed E-state index contributed by atoms with van der Waals surface area (Å²) in [6.45, 7) is 0. The van der Waals surface area contributed by atoms with Crippen molar-refractivity contribution in [1.29, 1.82) is 0 Å². The highest BCUT2D eigenvalue weighted by Crippen LogP contribution is 2.33. The molecule has 0 spiro atoms. The molecule has 2 aliphatic heterocycles. The van der Waals surface area contributed by atoms with E-state index in [1.807, 2.05) is 18.0 Å². The molecule has 2 aliphatic rings. The maximum absolute atomic E-state index is 3.26. The highest BCUT2D eigenvalue weighted by molar-refractivity contribution is 8.03. The Morgan fingerprint density at radius 2 is 2.56 bits per heavy atom. The van der Waals surface area contributed by atoms with Gasteiger partial charge in [0.2, 0.25) is 0 Å². The molecule has 0 radical (unpaired) electrons. The van der Waals surface area contributed by atoms with Gasteiger partial charge in [0.25, 0.3) is 0 Å². The van der Waals surface area contributed by atoms with E-state index in [1.54, 1.807) is 4.91 Å². The monoisotopic (exact) mass is 139 g/mol. The number of dihydropyridines is 1. The Kier molecular flexibility index (Phi) is 1.27. The number of hydrogen-bond donors (Lipinski definition) is 1. The smallest absolute Gasteiger partial charge is 0.0254 e. The van der Waals surface area contributed by atoms with Crippen molar-refractivity contribution in [2.75, 3.05) is 5.75 Å². The van der Waals surface area contributed by atoms with Crippen molar-refractivity contribution >= 4 is 11.8 Å². The van der Waals surface area contributed by atoms with Gasteiger partial charge in [0, 0.05) is 16.4 Å². The minimum absolute atomic E-state index is 1.16. The summed E-state index contributed by atoms with van der Waals surface area (Å²) < 4.78 is 0. The Balaban J connectivity index is 2.21. The molecule has 2 heterocycles. The zero-order chi connectivity index (χ0) is 6.10. The molecule has 0 aromatic heterocycles. The predicted molar refractivity (Wildman–Crippen MR) is 41.0 cm³/mol. The lowest BCUT2D eigenvalue weighted by molar-refractivity contribution is 0.926. The van der Waals surface area contributed by atoms with Crippen LogP contribution in [-0.2, 0) is 0 Å². The van der Waals surface area contributed by atoms with Gasteiger partial charge in [0.15, 0.2) is 0 Å². The average molecular weight is 139 g/mol. The quantitative estimate of drug-likeness (QED) is 0.549. The molecule has 0 aromatic carbocycles. The van der Waals surface area contributed by atoms with Crippen molar-refractivity contribution in [3.63, 3.8) is 0 Å². The maximum atomic E-state index is 3.26. The molecule has 0 unspecified atom stereocenters. The van der Waals surface area contributed by atoms with Crippen LogP contribution in [0.3, 0.4) is 0 Å². The highest BCUT2D eigenvalue weighted by atomic mass is 32.2. The molecule has 0 aromatic rings. The molecule has 9 heavy (non-hydrogen) atoms. The summed E-state index contributed by atoms with van der Waals surface area (Å²) in [7, 11) is 0. The molecule has 0 saturated carbocycles. The molecule has 0 saturated heterocycles. The van der Waals surface area contributed by atoms with E-state index in [2.05, 4.69) is 11.4 Å². The van der Waals surface area contributed by atoms with Crippen molar-refractivity contribution in [2.24, 2.45) is 0 Å². The van der Waals surface area contributed by atoms with Crippen LogP contribution in [0, 0.1) is 0 Å². The molecule has 0 aliphatic carbocycles. The second-order valence-electron chi connectivity index (χ2n) is 2.25. The molecule has 0 fully saturated rings. The first kappa shape index (κ1) is 5.42. The molecule has 2 rings (SSSR count). The van der Waals surface area contributed by atoms with Crippen molar-refractivity contribution in [1.82, 2.24) is 5.32 Å². The summed E-state index contributed by atoms with van der Waals surface area (Å²) in [5.41, 5.74) is 1.46. The highest BCUT2D eigenvalue weighted by Gasteiger charge is 2.14. The van der Waals surface area contributed by atoms with Gasteiger partial charge in [-0.2, -0.15) is 0 Å². The summed E-state index contributed by atoms with van der Waals surface area (Å²) in [6.07, 6.45) is 6.62. The maximum Gasteiger partial charge on any atom is 0.0254 e. The Labute approximate surface area is 59.2 Å². The molecule has 0 bridgehead atoms. The SMILES string of the molecule is C1=CNC2=C(C1)SCC2. The van der Waals surface area contributed by atoms with Crippen LogP contribution in [0.2, 0.25) is 0 Å². The number of thioether (sulfide) groups is 1. The van der Waals surface area contributed by atoms with E-state index in [0.29, 0.717) is 0 Å². The van der Waals surface area contributed by atoms with Gasteiger partial charge in [0.1, 0.15) is 0 Å². The Hall–Kier alpha value is -0.370. The third-order valence-corrected chi connectivity index (χ3v) is 2.81. The number of hydrogen-bond acceptors (Lipinski definition) is 2. The van der Waals surface area contributed by atoms with E-state index in [-0.39, 0.29) is 0 Å². The van der Waals surface area contributed by atoms with Crippen LogP contribution in [0.25, 0.3) is 0 Å². The zero-order valence-electron chi connectivity index (χ0n) is 5.18. The Bertz CT molecular complexity index is 163. The summed E-state index contributed by atoms with van der Waals surface area (Å²) in [6, 6.07) is 0. The molecule has 48 valence electrons. The van der Waals surface area contributed by atoms with E-state index in [1.165, 1.54) is 17.9 Å². The van der Waals surface area contributed by atoms with Crippen molar-refractivity contribution in [3.8, 4) is 0 Å². The lowest BCUT2D eigenvalue weighted by Gasteiger charge is -2.08. The molecular formula is C7H9NS. The zero-order valence-corrected chi connectivity index (χ0v) is 6.00. The second-order valence-corrected chi connectivity index (χ2v) is 3.44. The largest absolute Gasteiger partial charge is 0.365 e. The standard InChI is InChI=1S/C7H9NS/c1-2-7-6(8-4-1)3-5-9-7/h1,4,8H,2-3,5H2. The fraction of sp³-hybridized carbons (Fsp3) is 0.429.